The summed E-state index contributed by atoms with van der Waals surface area (Å²) in [6, 6.07) is 15.0. The van der Waals surface area contributed by atoms with Crippen molar-refractivity contribution < 1.29 is 26.9 Å². The van der Waals surface area contributed by atoms with Gasteiger partial charge < -0.3 is 9.52 Å². The molecule has 2 aromatic heterocycles. The fraction of sp³-hybridized carbons (Fsp3) is 0. The van der Waals surface area contributed by atoms with Crippen molar-refractivity contribution in [2.45, 2.75) is 15.0 Å². The van der Waals surface area contributed by atoms with Gasteiger partial charge in [-0.05, 0) is 24.3 Å². The molecule has 2 aromatic carbocycles. The molecule has 0 amide bonds. The van der Waals surface area contributed by atoms with Gasteiger partial charge in [-0.25, -0.2) is 14.0 Å². The summed E-state index contributed by atoms with van der Waals surface area (Å²) in [5.41, 5.74) is 0.0291. The lowest BCUT2D eigenvalue weighted by Crippen LogP contribution is -2.15. The van der Waals surface area contributed by atoms with Crippen molar-refractivity contribution in [3.63, 3.8) is 0 Å². The van der Waals surface area contributed by atoms with Gasteiger partial charge in [-0.3, -0.25) is 4.72 Å². The van der Waals surface area contributed by atoms with Crippen LogP contribution in [0.5, 0.6) is 0 Å². The molecule has 0 saturated carbocycles. The molecule has 158 valence electrons. The third kappa shape index (κ3) is 4.18. The van der Waals surface area contributed by atoms with E-state index in [0.29, 0.717) is 11.0 Å². The normalized spacial score (nSPS) is 12.5. The first-order valence-corrected chi connectivity index (χ1v) is 11.7. The van der Waals surface area contributed by atoms with E-state index in [-0.39, 0.29) is 31.3 Å². The number of para-hydroxylation sites is 1. The number of pyridine rings is 1. The zero-order chi connectivity index (χ0) is 22.2. The number of fused-ring (bicyclic) bond motifs is 1. The largest absolute Gasteiger partial charge is 0.478 e. The number of benzene rings is 2. The lowest BCUT2D eigenvalue weighted by atomic mass is 10.2. The maximum atomic E-state index is 13.2. The van der Waals surface area contributed by atoms with Crippen LogP contribution in [0.25, 0.3) is 11.0 Å². The average molecular weight is 477 g/mol. The first-order chi connectivity index (χ1) is 14.8. The van der Waals surface area contributed by atoms with Crippen LogP contribution in [0.3, 0.4) is 0 Å². The number of anilines is 1. The van der Waals surface area contributed by atoms with Crippen molar-refractivity contribution in [1.29, 1.82) is 0 Å². The molecule has 0 saturated heterocycles. The molecule has 0 aliphatic rings. The molecular formula is C20H13ClN2O6S2. The highest BCUT2D eigenvalue weighted by Gasteiger charge is 2.25. The molecular weight excluding hydrogens is 464 g/mol. The summed E-state index contributed by atoms with van der Waals surface area (Å²) in [5.74, 6) is -1.28. The van der Waals surface area contributed by atoms with E-state index in [2.05, 4.69) is 9.71 Å². The minimum absolute atomic E-state index is 0.0333. The molecule has 2 N–H and O–H groups in total. The molecule has 1 atom stereocenters. The second-order valence-corrected chi connectivity index (χ2v) is 9.70. The molecule has 4 rings (SSSR count). The molecule has 2 heterocycles. The molecule has 0 bridgehead atoms. The van der Waals surface area contributed by atoms with E-state index in [1.165, 1.54) is 42.6 Å². The molecule has 0 aliphatic carbocycles. The van der Waals surface area contributed by atoms with Gasteiger partial charge in [0.1, 0.15) is 16.4 Å². The van der Waals surface area contributed by atoms with Gasteiger partial charge in [0.25, 0.3) is 10.0 Å². The topological polar surface area (TPSA) is 127 Å². The van der Waals surface area contributed by atoms with Crippen LogP contribution in [0.2, 0.25) is 5.02 Å². The second kappa shape index (κ2) is 8.14. The standard InChI is InChI=1S/C20H13ClN2O6S2/c21-13-10-15(23-31(27,28)18-9-12-5-1-3-7-16(12)29-18)19(22-11-13)30(26)17-8-4-2-6-14(17)20(24)25/h1-11,23H,(H,24,25). The van der Waals surface area contributed by atoms with Crippen LogP contribution >= 0.6 is 11.6 Å². The molecule has 0 aliphatic heterocycles. The van der Waals surface area contributed by atoms with Gasteiger partial charge >= 0.3 is 5.97 Å². The Kier molecular flexibility index (Phi) is 5.52. The van der Waals surface area contributed by atoms with E-state index in [9.17, 15) is 22.5 Å². The van der Waals surface area contributed by atoms with Crippen molar-refractivity contribution in [3.05, 3.63) is 77.4 Å². The van der Waals surface area contributed by atoms with Crippen LogP contribution in [0.15, 0.2) is 86.3 Å². The number of carbonyl (C=O) groups is 1. The van der Waals surface area contributed by atoms with Gasteiger partial charge in [0.05, 0.1) is 21.2 Å². The highest BCUT2D eigenvalue weighted by Crippen LogP contribution is 2.30. The third-order valence-electron chi connectivity index (χ3n) is 4.22. The predicted molar refractivity (Wildman–Crippen MR) is 114 cm³/mol. The molecule has 8 nitrogen and oxygen atoms in total. The molecule has 11 heteroatoms. The number of aromatic carboxylic acids is 1. The Morgan fingerprint density at radius 3 is 2.55 bits per heavy atom. The number of carboxylic acid groups (broad SMARTS) is 1. The molecule has 4 aromatic rings. The van der Waals surface area contributed by atoms with Gasteiger partial charge in [-0.2, -0.15) is 8.42 Å². The van der Waals surface area contributed by atoms with E-state index < -0.39 is 26.8 Å². The lowest BCUT2D eigenvalue weighted by molar-refractivity contribution is 0.0693. The Morgan fingerprint density at radius 2 is 1.81 bits per heavy atom. The van der Waals surface area contributed by atoms with Gasteiger partial charge in [0.15, 0.2) is 5.03 Å². The second-order valence-electron chi connectivity index (χ2n) is 6.29. The van der Waals surface area contributed by atoms with Crippen LogP contribution < -0.4 is 4.72 Å². The van der Waals surface area contributed by atoms with Crippen molar-refractivity contribution >= 4 is 55.0 Å². The monoisotopic (exact) mass is 476 g/mol. The molecule has 31 heavy (non-hydrogen) atoms. The van der Waals surface area contributed by atoms with E-state index >= 15 is 0 Å². The van der Waals surface area contributed by atoms with Crippen LogP contribution in [0.4, 0.5) is 5.69 Å². The fourth-order valence-corrected chi connectivity index (χ4v) is 5.32. The Morgan fingerprint density at radius 1 is 1.10 bits per heavy atom. The number of carboxylic acids is 1. The van der Waals surface area contributed by atoms with E-state index in [1.54, 1.807) is 24.3 Å². The Labute approximate surface area is 184 Å². The summed E-state index contributed by atoms with van der Waals surface area (Å²) in [7, 11) is -6.34. The van der Waals surface area contributed by atoms with Gasteiger partial charge in [-0.1, -0.05) is 41.9 Å². The maximum absolute atomic E-state index is 13.2. The summed E-state index contributed by atoms with van der Waals surface area (Å²) < 4.78 is 46.7. The minimum Gasteiger partial charge on any atom is -0.478 e. The summed E-state index contributed by atoms with van der Waals surface area (Å²) in [5, 5.41) is 9.51. The van der Waals surface area contributed by atoms with Gasteiger partial charge in [0.2, 0.25) is 5.09 Å². The molecule has 0 radical (unpaired) electrons. The molecule has 1 unspecified atom stereocenters. The molecule has 0 spiro atoms. The number of halogens is 1. The van der Waals surface area contributed by atoms with Crippen molar-refractivity contribution in [3.8, 4) is 0 Å². The number of hydrogen-bond donors (Lipinski definition) is 2. The van der Waals surface area contributed by atoms with E-state index in [1.807, 2.05) is 0 Å². The quantitative estimate of drug-likeness (QED) is 0.428. The SMILES string of the molecule is O=C(O)c1ccccc1S(=O)c1ncc(Cl)cc1NS(=O)(=O)c1cc2ccccc2o1. The first-order valence-electron chi connectivity index (χ1n) is 8.67. The maximum Gasteiger partial charge on any atom is 0.336 e. The summed E-state index contributed by atoms with van der Waals surface area (Å²) in [6.07, 6.45) is 1.19. The zero-order valence-corrected chi connectivity index (χ0v) is 17.9. The fourth-order valence-electron chi connectivity index (χ4n) is 2.84. The zero-order valence-electron chi connectivity index (χ0n) is 15.5. The van der Waals surface area contributed by atoms with Crippen LogP contribution in [-0.2, 0) is 20.8 Å². The minimum atomic E-state index is -4.22. The molecule has 0 fully saturated rings. The number of rotatable bonds is 6. The Bertz CT molecular complexity index is 1420. The Balaban J connectivity index is 1.77. The van der Waals surface area contributed by atoms with Crippen molar-refractivity contribution in [2.24, 2.45) is 0 Å². The number of sulfonamides is 1. The van der Waals surface area contributed by atoms with Crippen LogP contribution in [0.1, 0.15) is 10.4 Å². The lowest BCUT2D eigenvalue weighted by Gasteiger charge is -2.12. The highest BCUT2D eigenvalue weighted by atomic mass is 35.5. The number of furan rings is 1. The highest BCUT2D eigenvalue weighted by molar-refractivity contribution is 7.92. The van der Waals surface area contributed by atoms with Crippen LogP contribution in [0, 0.1) is 0 Å². The number of aromatic nitrogens is 1. The summed E-state index contributed by atoms with van der Waals surface area (Å²) in [4.78, 5) is 15.5. The van der Waals surface area contributed by atoms with Gasteiger partial charge in [-0.15, -0.1) is 0 Å². The van der Waals surface area contributed by atoms with Gasteiger partial charge in [0, 0.05) is 17.6 Å². The number of nitrogens with zero attached hydrogens (tertiary/aromatic N) is 1. The predicted octanol–water partition coefficient (Wildman–Crippen LogP) is 4.15. The third-order valence-corrected chi connectivity index (χ3v) is 7.08. The van der Waals surface area contributed by atoms with Crippen molar-refractivity contribution in [1.82, 2.24) is 4.98 Å². The average Bonchev–Trinajstić information content (AvgIpc) is 3.18. The first kappa shape index (κ1) is 21.0. The summed E-state index contributed by atoms with van der Waals surface area (Å²) >= 11 is 5.97. The number of nitrogens with one attached hydrogen (secondary N) is 1. The smallest absolute Gasteiger partial charge is 0.336 e. The van der Waals surface area contributed by atoms with E-state index in [0.717, 1.165) is 0 Å². The van der Waals surface area contributed by atoms with E-state index in [4.69, 9.17) is 16.0 Å². The van der Waals surface area contributed by atoms with Crippen molar-refractivity contribution in [2.75, 3.05) is 4.72 Å². The van der Waals surface area contributed by atoms with Crippen LogP contribution in [-0.4, -0.2) is 28.7 Å². The number of hydrogen-bond acceptors (Lipinski definition) is 6. The summed E-state index contributed by atoms with van der Waals surface area (Å²) in [6.45, 7) is 0. The Hall–Kier alpha value is -3.21.